The van der Waals surface area contributed by atoms with Crippen LogP contribution in [-0.2, 0) is 11.2 Å². The lowest BCUT2D eigenvalue weighted by Crippen LogP contribution is -2.58. The molecule has 1 heterocycles. The third kappa shape index (κ3) is 5.61. The van der Waals surface area contributed by atoms with Crippen LogP contribution < -0.4 is 14.8 Å². The molecule has 0 radical (unpaired) electrons. The van der Waals surface area contributed by atoms with Crippen molar-refractivity contribution in [3.8, 4) is 11.5 Å². The van der Waals surface area contributed by atoms with E-state index in [2.05, 4.69) is 34.5 Å². The number of aryl methyl sites for hydroxylation is 1. The van der Waals surface area contributed by atoms with Crippen LogP contribution >= 0.6 is 0 Å². The normalized spacial score (nSPS) is 21.2. The summed E-state index contributed by atoms with van der Waals surface area (Å²) in [7, 11) is 3.17. The van der Waals surface area contributed by atoms with Crippen LogP contribution in [0.5, 0.6) is 11.5 Å². The van der Waals surface area contributed by atoms with E-state index in [0.29, 0.717) is 49.2 Å². The van der Waals surface area contributed by atoms with E-state index in [0.717, 1.165) is 32.1 Å². The van der Waals surface area contributed by atoms with E-state index in [-0.39, 0.29) is 23.9 Å². The van der Waals surface area contributed by atoms with Gasteiger partial charge in [0.1, 0.15) is 11.5 Å². The Morgan fingerprint density at radius 3 is 2.24 bits per heavy atom. The zero-order valence-electron chi connectivity index (χ0n) is 22.1. The van der Waals surface area contributed by atoms with E-state index in [4.69, 9.17) is 9.47 Å². The van der Waals surface area contributed by atoms with E-state index in [9.17, 15) is 9.59 Å². The van der Waals surface area contributed by atoms with Gasteiger partial charge in [0.25, 0.3) is 5.91 Å². The first kappa shape index (κ1) is 25.6. The molecule has 0 spiro atoms. The lowest BCUT2D eigenvalue weighted by molar-refractivity contribution is -0.130. The Labute approximate surface area is 220 Å². The molecule has 2 atom stereocenters. The summed E-state index contributed by atoms with van der Waals surface area (Å²) >= 11 is 0. The van der Waals surface area contributed by atoms with Gasteiger partial charge in [-0.1, -0.05) is 37.1 Å². The fourth-order valence-electron chi connectivity index (χ4n) is 6.43. The van der Waals surface area contributed by atoms with E-state index >= 15 is 0 Å². The summed E-state index contributed by atoms with van der Waals surface area (Å²) in [6.07, 6.45) is 7.76. The average molecular weight is 506 g/mol. The molecule has 2 fully saturated rings. The molecule has 1 saturated heterocycles. The number of methoxy groups -OCH3 is 2. The summed E-state index contributed by atoms with van der Waals surface area (Å²) in [5, 5.41) is 3.45. The summed E-state index contributed by atoms with van der Waals surface area (Å²) in [6, 6.07) is 13.8. The summed E-state index contributed by atoms with van der Waals surface area (Å²) in [5.74, 6) is 1.71. The molecule has 0 aromatic heterocycles. The Morgan fingerprint density at radius 2 is 1.57 bits per heavy atom. The Kier molecular flexibility index (Phi) is 7.99. The number of benzene rings is 2. The summed E-state index contributed by atoms with van der Waals surface area (Å²) in [5.41, 5.74) is 3.19. The predicted molar refractivity (Wildman–Crippen MR) is 143 cm³/mol. The monoisotopic (exact) mass is 505 g/mol. The number of fused-ring (bicyclic) bond motifs is 1. The van der Waals surface area contributed by atoms with Crippen LogP contribution in [0, 0.1) is 5.92 Å². The largest absolute Gasteiger partial charge is 0.497 e. The number of hydrogen-bond acceptors (Lipinski definition) is 5. The molecule has 1 aliphatic heterocycles. The van der Waals surface area contributed by atoms with Crippen molar-refractivity contribution < 1.29 is 19.1 Å². The van der Waals surface area contributed by atoms with Crippen molar-refractivity contribution in [1.29, 1.82) is 0 Å². The number of carbonyl (C=O) groups is 2. The Bertz CT molecular complexity index is 1080. The van der Waals surface area contributed by atoms with E-state index < -0.39 is 0 Å². The van der Waals surface area contributed by atoms with Crippen LogP contribution in [0.15, 0.2) is 42.5 Å². The zero-order chi connectivity index (χ0) is 25.8. The minimum absolute atomic E-state index is 0.0301. The number of carbonyl (C=O) groups excluding carboxylic acids is 2. The van der Waals surface area contributed by atoms with Gasteiger partial charge in [-0.05, 0) is 61.3 Å². The van der Waals surface area contributed by atoms with Crippen molar-refractivity contribution in [2.24, 2.45) is 5.92 Å². The second-order valence-corrected chi connectivity index (χ2v) is 10.6. The lowest BCUT2D eigenvalue weighted by atomic mass is 9.87. The molecule has 37 heavy (non-hydrogen) atoms. The number of rotatable bonds is 7. The van der Waals surface area contributed by atoms with Gasteiger partial charge in [0.2, 0.25) is 5.91 Å². The van der Waals surface area contributed by atoms with Gasteiger partial charge in [0.05, 0.1) is 26.3 Å². The van der Waals surface area contributed by atoms with Gasteiger partial charge >= 0.3 is 0 Å². The second-order valence-electron chi connectivity index (χ2n) is 10.6. The molecule has 5 rings (SSSR count). The molecule has 2 aliphatic carbocycles. The quantitative estimate of drug-likeness (QED) is 0.610. The van der Waals surface area contributed by atoms with Gasteiger partial charge in [-0.3, -0.25) is 14.5 Å². The van der Waals surface area contributed by atoms with Crippen molar-refractivity contribution in [3.63, 3.8) is 0 Å². The van der Waals surface area contributed by atoms with Crippen LogP contribution in [0.25, 0.3) is 0 Å². The van der Waals surface area contributed by atoms with Gasteiger partial charge in [0, 0.05) is 37.8 Å². The van der Waals surface area contributed by atoms with Crippen LogP contribution in [-0.4, -0.2) is 68.1 Å². The maximum atomic E-state index is 13.8. The highest BCUT2D eigenvalue weighted by Gasteiger charge is 2.38. The maximum Gasteiger partial charge on any atom is 0.254 e. The van der Waals surface area contributed by atoms with Gasteiger partial charge in [-0.2, -0.15) is 0 Å². The van der Waals surface area contributed by atoms with Crippen molar-refractivity contribution in [2.45, 2.75) is 57.0 Å². The topological polar surface area (TPSA) is 71.1 Å². The molecule has 1 N–H and O–H groups in total. The fourth-order valence-corrected chi connectivity index (χ4v) is 6.43. The maximum absolute atomic E-state index is 13.8. The molecule has 7 nitrogen and oxygen atoms in total. The Hall–Kier alpha value is -3.06. The lowest BCUT2D eigenvalue weighted by Gasteiger charge is -2.41. The standard InChI is InChI=1S/C30H39N3O4/c1-36-24-18-23(19-25(20-24)37-2)30(35)33-16-14-32(15-17-33)28(22-9-3-4-10-22)29(34)31-27-13-7-11-21-8-5-6-12-26(21)27/h5-6,8,12,18-20,22,27-28H,3-4,7,9-11,13-17H2,1-2H3,(H,31,34). The zero-order valence-corrected chi connectivity index (χ0v) is 22.1. The number of ether oxygens (including phenoxy) is 2. The summed E-state index contributed by atoms with van der Waals surface area (Å²) in [6.45, 7) is 2.59. The fraction of sp³-hybridized carbons (Fsp3) is 0.533. The first-order chi connectivity index (χ1) is 18.1. The average Bonchev–Trinajstić information content (AvgIpc) is 3.47. The molecule has 0 bridgehead atoms. The Balaban J connectivity index is 1.27. The molecule has 2 aromatic rings. The van der Waals surface area contributed by atoms with E-state index in [1.54, 1.807) is 32.4 Å². The molecular weight excluding hydrogens is 466 g/mol. The van der Waals surface area contributed by atoms with Crippen LogP contribution in [0.3, 0.4) is 0 Å². The third-order valence-electron chi connectivity index (χ3n) is 8.39. The van der Waals surface area contributed by atoms with Crippen molar-refractivity contribution in [2.75, 3.05) is 40.4 Å². The molecule has 7 heteroatoms. The SMILES string of the molecule is COc1cc(OC)cc(C(=O)N2CCN(C(C(=O)NC3CCCc4ccccc43)C3CCCC3)CC2)c1. The van der Waals surface area contributed by atoms with Gasteiger partial charge in [-0.15, -0.1) is 0 Å². The smallest absolute Gasteiger partial charge is 0.254 e. The third-order valence-corrected chi connectivity index (χ3v) is 8.39. The minimum atomic E-state index is -0.134. The van der Waals surface area contributed by atoms with Gasteiger partial charge < -0.3 is 19.7 Å². The Morgan fingerprint density at radius 1 is 0.892 bits per heavy atom. The highest BCUT2D eigenvalue weighted by molar-refractivity contribution is 5.95. The van der Waals surface area contributed by atoms with Crippen molar-refractivity contribution in [1.82, 2.24) is 15.1 Å². The molecule has 2 amide bonds. The van der Waals surface area contributed by atoms with Crippen molar-refractivity contribution in [3.05, 3.63) is 59.2 Å². The molecule has 3 aliphatic rings. The predicted octanol–water partition coefficient (Wildman–Crippen LogP) is 4.21. The van der Waals surface area contributed by atoms with E-state index in [1.165, 1.54) is 24.0 Å². The van der Waals surface area contributed by atoms with Crippen molar-refractivity contribution >= 4 is 11.8 Å². The first-order valence-electron chi connectivity index (χ1n) is 13.7. The highest BCUT2D eigenvalue weighted by Crippen LogP contribution is 2.34. The molecule has 1 saturated carbocycles. The molecule has 2 aromatic carbocycles. The van der Waals surface area contributed by atoms with Crippen LogP contribution in [0.2, 0.25) is 0 Å². The number of hydrogen-bond donors (Lipinski definition) is 1. The number of nitrogens with one attached hydrogen (secondary N) is 1. The van der Waals surface area contributed by atoms with Crippen LogP contribution in [0.1, 0.15) is 66.1 Å². The van der Waals surface area contributed by atoms with Gasteiger partial charge in [-0.25, -0.2) is 0 Å². The minimum Gasteiger partial charge on any atom is -0.497 e. The summed E-state index contributed by atoms with van der Waals surface area (Å²) in [4.78, 5) is 31.3. The number of piperazine rings is 1. The number of amides is 2. The molecule has 2 unspecified atom stereocenters. The second kappa shape index (κ2) is 11.5. The molecule has 198 valence electrons. The first-order valence-corrected chi connectivity index (χ1v) is 13.7. The molecular formula is C30H39N3O4. The summed E-state index contributed by atoms with van der Waals surface area (Å²) < 4.78 is 10.7. The van der Waals surface area contributed by atoms with Gasteiger partial charge in [0.15, 0.2) is 0 Å². The highest BCUT2D eigenvalue weighted by atomic mass is 16.5. The number of nitrogens with zero attached hydrogens (tertiary/aromatic N) is 2. The van der Waals surface area contributed by atoms with Crippen LogP contribution in [0.4, 0.5) is 0 Å². The van der Waals surface area contributed by atoms with E-state index in [1.807, 2.05) is 4.90 Å².